The van der Waals surface area contributed by atoms with Crippen LogP contribution in [0.2, 0.25) is 25.2 Å². The lowest BCUT2D eigenvalue weighted by molar-refractivity contribution is -0.119. The number of carbonyl (C=O) groups is 1. The summed E-state index contributed by atoms with van der Waals surface area (Å²) in [6.07, 6.45) is 7.94. The molecule has 1 heterocycles. The highest BCUT2D eigenvalue weighted by Crippen LogP contribution is 2.23. The Morgan fingerprint density at radius 3 is 2.00 bits per heavy atom. The van der Waals surface area contributed by atoms with Gasteiger partial charge in [-0.15, -0.1) is 0 Å². The van der Waals surface area contributed by atoms with E-state index in [1.807, 2.05) is 0 Å². The van der Waals surface area contributed by atoms with Crippen LogP contribution in [0.4, 0.5) is 0 Å². The number of ketones is 1. The van der Waals surface area contributed by atoms with Crippen LogP contribution in [0.3, 0.4) is 0 Å². The van der Waals surface area contributed by atoms with Crippen molar-refractivity contribution in [1.82, 2.24) is 0 Å². The zero-order chi connectivity index (χ0) is 10.4. The molecule has 0 bridgehead atoms. The fourth-order valence-electron chi connectivity index (χ4n) is 2.28. The van der Waals surface area contributed by atoms with Gasteiger partial charge in [0.1, 0.15) is 5.78 Å². The second kappa shape index (κ2) is 5.69. The molecule has 82 valence electrons. The largest absolute Gasteiger partial charge is 0.300 e. The van der Waals surface area contributed by atoms with Gasteiger partial charge in [0.25, 0.3) is 0 Å². The van der Waals surface area contributed by atoms with Gasteiger partial charge >= 0.3 is 0 Å². The first-order valence-corrected chi connectivity index (χ1v) is 9.53. The topological polar surface area (TPSA) is 17.1 Å². The molecule has 0 aromatic heterocycles. The highest BCUT2D eigenvalue weighted by Gasteiger charge is 2.20. The first-order chi connectivity index (χ1) is 6.60. The number of Topliss-reactive ketones (excluding diaryl/α,β-unsaturated/α-hetero) is 1. The molecule has 0 saturated carbocycles. The Kier molecular flexibility index (Phi) is 4.86. The van der Waals surface area contributed by atoms with Gasteiger partial charge in [0.05, 0.1) is 0 Å². The fraction of sp³-hybridized carbons (Fsp3) is 0.917. The molecule has 0 aromatic carbocycles. The van der Waals surface area contributed by atoms with E-state index in [1.54, 1.807) is 0 Å². The molecule has 1 saturated heterocycles. The molecular weight excluding hydrogens is 188 g/mol. The molecule has 0 amide bonds. The molecule has 1 nitrogen and oxygen atoms in total. The van der Waals surface area contributed by atoms with Crippen LogP contribution < -0.4 is 0 Å². The van der Waals surface area contributed by atoms with Crippen LogP contribution >= 0.6 is 0 Å². The molecule has 0 unspecified atom stereocenters. The van der Waals surface area contributed by atoms with Crippen molar-refractivity contribution in [2.75, 3.05) is 0 Å². The van der Waals surface area contributed by atoms with E-state index in [-0.39, 0.29) is 0 Å². The van der Waals surface area contributed by atoms with Gasteiger partial charge in [0.2, 0.25) is 0 Å². The number of hydrogen-bond acceptors (Lipinski definition) is 1. The maximum absolute atomic E-state index is 11.4. The van der Waals surface area contributed by atoms with Gasteiger partial charge < -0.3 is 0 Å². The van der Waals surface area contributed by atoms with E-state index in [0.29, 0.717) is 5.78 Å². The second-order valence-electron chi connectivity index (χ2n) is 5.47. The van der Waals surface area contributed by atoms with E-state index < -0.39 is 8.07 Å². The van der Waals surface area contributed by atoms with Crippen molar-refractivity contribution in [1.29, 1.82) is 0 Å². The van der Waals surface area contributed by atoms with Crippen LogP contribution in [0.25, 0.3) is 0 Å². The molecule has 14 heavy (non-hydrogen) atoms. The predicted molar refractivity (Wildman–Crippen MR) is 64.4 cm³/mol. The number of carbonyl (C=O) groups excluding carboxylic acids is 1. The third-order valence-corrected chi connectivity index (χ3v) is 6.78. The number of rotatable bonds is 0. The summed E-state index contributed by atoms with van der Waals surface area (Å²) in [5.74, 6) is 0.506. The van der Waals surface area contributed by atoms with E-state index in [2.05, 4.69) is 13.1 Å². The smallest absolute Gasteiger partial charge is 0.132 e. The highest BCUT2D eigenvalue weighted by atomic mass is 28.3. The van der Waals surface area contributed by atoms with Crippen LogP contribution in [-0.4, -0.2) is 13.9 Å². The van der Waals surface area contributed by atoms with Gasteiger partial charge in [-0.25, -0.2) is 0 Å². The third-order valence-electron chi connectivity index (χ3n) is 3.37. The zero-order valence-corrected chi connectivity index (χ0v) is 10.8. The molecule has 0 aromatic rings. The lowest BCUT2D eigenvalue weighted by Crippen LogP contribution is -2.24. The van der Waals surface area contributed by atoms with Crippen molar-refractivity contribution in [3.63, 3.8) is 0 Å². The molecule has 0 atom stereocenters. The lowest BCUT2D eigenvalue weighted by atomic mass is 10.1. The average Bonchev–Trinajstić information content (AvgIpc) is 2.13. The van der Waals surface area contributed by atoms with Crippen molar-refractivity contribution in [3.05, 3.63) is 0 Å². The van der Waals surface area contributed by atoms with Crippen LogP contribution in [0.15, 0.2) is 0 Å². The molecule has 1 fully saturated rings. The van der Waals surface area contributed by atoms with Crippen molar-refractivity contribution < 1.29 is 4.79 Å². The SMILES string of the molecule is C[Si]1(C)CCCCCC(=O)CCCC1. The summed E-state index contributed by atoms with van der Waals surface area (Å²) in [5, 5.41) is 0. The summed E-state index contributed by atoms with van der Waals surface area (Å²) < 4.78 is 0. The Morgan fingerprint density at radius 2 is 1.36 bits per heavy atom. The van der Waals surface area contributed by atoms with Crippen molar-refractivity contribution in [3.8, 4) is 0 Å². The molecule has 0 aliphatic carbocycles. The minimum absolute atomic E-state index is 0.506. The zero-order valence-electron chi connectivity index (χ0n) is 9.77. The van der Waals surface area contributed by atoms with Crippen LogP contribution in [0.1, 0.15) is 44.9 Å². The molecule has 0 radical (unpaired) electrons. The van der Waals surface area contributed by atoms with Crippen molar-refractivity contribution in [2.24, 2.45) is 0 Å². The second-order valence-corrected chi connectivity index (χ2v) is 10.8. The quantitative estimate of drug-likeness (QED) is 0.555. The predicted octanol–water partition coefficient (Wildman–Crippen LogP) is 4.01. The van der Waals surface area contributed by atoms with Crippen molar-refractivity contribution >= 4 is 13.9 Å². The Hall–Kier alpha value is -0.113. The van der Waals surface area contributed by atoms with Gasteiger partial charge in [-0.2, -0.15) is 0 Å². The molecule has 0 N–H and O–H groups in total. The first kappa shape index (κ1) is 12.0. The van der Waals surface area contributed by atoms with Gasteiger partial charge in [-0.1, -0.05) is 44.4 Å². The monoisotopic (exact) mass is 212 g/mol. The van der Waals surface area contributed by atoms with Gasteiger partial charge in [-0.3, -0.25) is 4.79 Å². The van der Waals surface area contributed by atoms with Crippen LogP contribution in [0, 0.1) is 0 Å². The molecule has 1 rings (SSSR count). The van der Waals surface area contributed by atoms with Crippen LogP contribution in [-0.2, 0) is 4.79 Å². The van der Waals surface area contributed by atoms with Gasteiger partial charge in [0, 0.05) is 20.9 Å². The van der Waals surface area contributed by atoms with E-state index in [9.17, 15) is 4.79 Å². The van der Waals surface area contributed by atoms with Gasteiger partial charge in [-0.05, 0) is 12.8 Å². The summed E-state index contributed by atoms with van der Waals surface area (Å²) in [6, 6.07) is 2.90. The van der Waals surface area contributed by atoms with Crippen molar-refractivity contribution in [2.45, 2.75) is 70.1 Å². The Bertz CT molecular complexity index is 187. The molecule has 1 aliphatic heterocycles. The van der Waals surface area contributed by atoms with E-state index in [1.165, 1.54) is 31.4 Å². The fourth-order valence-corrected chi connectivity index (χ4v) is 4.94. The number of hydrogen-bond donors (Lipinski definition) is 0. The Labute approximate surface area is 89.3 Å². The molecule has 2 heteroatoms. The molecule has 0 spiro atoms. The summed E-state index contributed by atoms with van der Waals surface area (Å²) in [5.41, 5.74) is 0. The molecule has 1 aliphatic rings. The summed E-state index contributed by atoms with van der Waals surface area (Å²) in [4.78, 5) is 11.4. The molecular formula is C12H24OSi. The standard InChI is InChI=1S/C12H24OSi/c1-14(2)10-6-3-4-8-12(13)9-5-7-11-14/h3-11H2,1-2H3. The summed E-state index contributed by atoms with van der Waals surface area (Å²) in [6.45, 7) is 5.01. The highest BCUT2D eigenvalue weighted by molar-refractivity contribution is 6.77. The van der Waals surface area contributed by atoms with Crippen LogP contribution in [0.5, 0.6) is 0 Å². The lowest BCUT2D eigenvalue weighted by Gasteiger charge is -2.21. The summed E-state index contributed by atoms with van der Waals surface area (Å²) >= 11 is 0. The first-order valence-electron chi connectivity index (χ1n) is 6.12. The maximum atomic E-state index is 11.4. The Morgan fingerprint density at radius 1 is 0.857 bits per heavy atom. The van der Waals surface area contributed by atoms with E-state index in [0.717, 1.165) is 25.7 Å². The van der Waals surface area contributed by atoms with E-state index >= 15 is 0 Å². The van der Waals surface area contributed by atoms with E-state index in [4.69, 9.17) is 0 Å². The maximum Gasteiger partial charge on any atom is 0.132 e. The normalized spacial score (nSPS) is 25.4. The summed E-state index contributed by atoms with van der Waals surface area (Å²) in [7, 11) is -0.883. The van der Waals surface area contributed by atoms with Gasteiger partial charge in [0.15, 0.2) is 0 Å². The minimum Gasteiger partial charge on any atom is -0.300 e. The third kappa shape index (κ3) is 4.94. The average molecular weight is 212 g/mol. The Balaban J connectivity index is 2.38. The minimum atomic E-state index is -0.883.